The standard InChI is InChI=1S/C7H16N/c1-7-5-4-6-8(7,2)3/h7H,4-6H2,1-3H3/q+1. The maximum absolute atomic E-state index is 2.34. The van der Waals surface area contributed by atoms with Crippen molar-refractivity contribution < 1.29 is 4.48 Å². The number of rotatable bonds is 0. The third kappa shape index (κ3) is 0.873. The molecule has 0 radical (unpaired) electrons. The summed E-state index contributed by atoms with van der Waals surface area (Å²) in [5, 5.41) is 0. The lowest BCUT2D eigenvalue weighted by Gasteiger charge is -2.28. The maximum Gasteiger partial charge on any atom is 0.0859 e. The Morgan fingerprint density at radius 2 is 2.00 bits per heavy atom. The highest BCUT2D eigenvalue weighted by Gasteiger charge is 2.29. The Labute approximate surface area is 51.9 Å². The molecule has 1 nitrogen and oxygen atoms in total. The molecule has 0 spiro atoms. The van der Waals surface area contributed by atoms with Crippen LogP contribution in [0.1, 0.15) is 19.8 Å². The summed E-state index contributed by atoms with van der Waals surface area (Å²) in [6.45, 7) is 3.72. The minimum absolute atomic E-state index is 0.898. The van der Waals surface area contributed by atoms with Gasteiger partial charge in [-0.25, -0.2) is 0 Å². The molecule has 0 aromatic heterocycles. The van der Waals surface area contributed by atoms with E-state index in [9.17, 15) is 0 Å². The molecule has 0 bridgehead atoms. The van der Waals surface area contributed by atoms with E-state index in [1.165, 1.54) is 23.9 Å². The van der Waals surface area contributed by atoms with Crippen LogP contribution >= 0.6 is 0 Å². The molecule has 0 aromatic rings. The van der Waals surface area contributed by atoms with E-state index in [2.05, 4.69) is 21.0 Å². The number of hydrogen-bond donors (Lipinski definition) is 0. The average molecular weight is 114 g/mol. The zero-order chi connectivity index (χ0) is 6.20. The molecule has 1 unspecified atom stereocenters. The van der Waals surface area contributed by atoms with Crippen LogP contribution in [0.25, 0.3) is 0 Å². The lowest BCUT2D eigenvalue weighted by atomic mass is 10.2. The molecule has 0 aromatic carbocycles. The van der Waals surface area contributed by atoms with E-state index in [-0.39, 0.29) is 0 Å². The predicted molar refractivity (Wildman–Crippen MR) is 35.7 cm³/mol. The fourth-order valence-electron chi connectivity index (χ4n) is 1.36. The molecule has 1 saturated heterocycles. The van der Waals surface area contributed by atoms with Gasteiger partial charge in [-0.1, -0.05) is 0 Å². The quantitative estimate of drug-likeness (QED) is 0.416. The fourth-order valence-corrected chi connectivity index (χ4v) is 1.36. The highest BCUT2D eigenvalue weighted by molar-refractivity contribution is 4.58. The van der Waals surface area contributed by atoms with Gasteiger partial charge in [0.05, 0.1) is 26.7 Å². The number of likely N-dealkylation sites (tertiary alicyclic amines) is 1. The predicted octanol–water partition coefficient (Wildman–Crippen LogP) is 1.25. The van der Waals surface area contributed by atoms with Gasteiger partial charge < -0.3 is 4.48 Å². The van der Waals surface area contributed by atoms with Gasteiger partial charge in [0.2, 0.25) is 0 Å². The zero-order valence-electron chi connectivity index (χ0n) is 6.15. The summed E-state index contributed by atoms with van der Waals surface area (Å²) in [5.41, 5.74) is 0. The van der Waals surface area contributed by atoms with Crippen LogP contribution in [0.3, 0.4) is 0 Å². The van der Waals surface area contributed by atoms with Gasteiger partial charge >= 0.3 is 0 Å². The smallest absolute Gasteiger partial charge is 0.0859 e. The van der Waals surface area contributed by atoms with Crippen LogP contribution in [0, 0.1) is 0 Å². The molecule has 1 aliphatic rings. The highest BCUT2D eigenvalue weighted by Crippen LogP contribution is 2.20. The molecular weight excluding hydrogens is 98.1 g/mol. The summed E-state index contributed by atoms with van der Waals surface area (Å²) in [6.07, 6.45) is 2.85. The van der Waals surface area contributed by atoms with Crippen LogP contribution in [0.15, 0.2) is 0 Å². The van der Waals surface area contributed by atoms with Crippen LogP contribution < -0.4 is 0 Å². The van der Waals surface area contributed by atoms with Crippen molar-refractivity contribution in [3.8, 4) is 0 Å². The molecule has 0 N–H and O–H groups in total. The maximum atomic E-state index is 2.34. The normalized spacial score (nSPS) is 35.6. The van der Waals surface area contributed by atoms with E-state index in [0.29, 0.717) is 0 Å². The molecule has 1 atom stereocenters. The highest BCUT2D eigenvalue weighted by atomic mass is 15.3. The largest absolute Gasteiger partial charge is 0.326 e. The van der Waals surface area contributed by atoms with Gasteiger partial charge in [0.25, 0.3) is 0 Å². The Morgan fingerprint density at radius 3 is 2.12 bits per heavy atom. The Morgan fingerprint density at radius 1 is 1.38 bits per heavy atom. The topological polar surface area (TPSA) is 0 Å². The average Bonchev–Trinajstić information content (AvgIpc) is 1.86. The van der Waals surface area contributed by atoms with Crippen LogP contribution in [0.4, 0.5) is 0 Å². The van der Waals surface area contributed by atoms with Crippen molar-refractivity contribution in [2.24, 2.45) is 0 Å². The molecule has 1 heteroatoms. The number of nitrogens with zero attached hydrogens (tertiary/aromatic N) is 1. The summed E-state index contributed by atoms with van der Waals surface area (Å²) in [6, 6.07) is 0.898. The van der Waals surface area contributed by atoms with E-state index in [1.54, 1.807) is 0 Å². The van der Waals surface area contributed by atoms with Gasteiger partial charge in [0.15, 0.2) is 0 Å². The molecule has 1 rings (SSSR count). The van der Waals surface area contributed by atoms with Gasteiger partial charge in [-0.2, -0.15) is 0 Å². The Hall–Kier alpha value is -0.0400. The third-order valence-corrected chi connectivity index (χ3v) is 2.55. The van der Waals surface area contributed by atoms with Crippen molar-refractivity contribution in [3.63, 3.8) is 0 Å². The van der Waals surface area contributed by atoms with Crippen LogP contribution in [-0.4, -0.2) is 31.2 Å². The van der Waals surface area contributed by atoms with Crippen molar-refractivity contribution in [2.45, 2.75) is 25.8 Å². The minimum Gasteiger partial charge on any atom is -0.326 e. The molecule has 0 aliphatic carbocycles. The van der Waals surface area contributed by atoms with Crippen molar-refractivity contribution in [1.82, 2.24) is 0 Å². The molecular formula is C7H16N+. The summed E-state index contributed by atoms with van der Waals surface area (Å²) in [7, 11) is 4.63. The van der Waals surface area contributed by atoms with Crippen molar-refractivity contribution >= 4 is 0 Å². The zero-order valence-corrected chi connectivity index (χ0v) is 6.15. The summed E-state index contributed by atoms with van der Waals surface area (Å²) in [4.78, 5) is 0. The lowest BCUT2D eigenvalue weighted by Crippen LogP contribution is -2.41. The van der Waals surface area contributed by atoms with E-state index in [1.807, 2.05) is 0 Å². The van der Waals surface area contributed by atoms with E-state index >= 15 is 0 Å². The van der Waals surface area contributed by atoms with E-state index in [0.717, 1.165) is 6.04 Å². The molecule has 48 valence electrons. The lowest BCUT2D eigenvalue weighted by molar-refractivity contribution is -0.900. The monoisotopic (exact) mass is 114 g/mol. The van der Waals surface area contributed by atoms with Crippen LogP contribution in [0.5, 0.6) is 0 Å². The summed E-state index contributed by atoms with van der Waals surface area (Å²) < 4.78 is 1.24. The number of quaternary nitrogens is 1. The second kappa shape index (κ2) is 1.73. The fraction of sp³-hybridized carbons (Fsp3) is 1.00. The number of hydrogen-bond acceptors (Lipinski definition) is 0. The summed E-state index contributed by atoms with van der Waals surface area (Å²) >= 11 is 0. The van der Waals surface area contributed by atoms with Crippen molar-refractivity contribution in [3.05, 3.63) is 0 Å². The first-order valence-electron chi connectivity index (χ1n) is 3.45. The van der Waals surface area contributed by atoms with Gasteiger partial charge in [-0.3, -0.25) is 0 Å². The molecule has 1 fully saturated rings. The second-order valence-electron chi connectivity index (χ2n) is 3.49. The first-order chi connectivity index (χ1) is 3.63. The van der Waals surface area contributed by atoms with Crippen LogP contribution in [0.2, 0.25) is 0 Å². The molecule has 0 saturated carbocycles. The molecule has 1 heterocycles. The van der Waals surface area contributed by atoms with Gasteiger partial charge in [-0.15, -0.1) is 0 Å². The summed E-state index contributed by atoms with van der Waals surface area (Å²) in [5.74, 6) is 0. The SMILES string of the molecule is CC1CCC[N+]1(C)C. The Balaban J connectivity index is 2.54. The Kier molecular flexibility index (Phi) is 1.31. The van der Waals surface area contributed by atoms with Gasteiger partial charge in [0.1, 0.15) is 0 Å². The van der Waals surface area contributed by atoms with E-state index < -0.39 is 0 Å². The van der Waals surface area contributed by atoms with E-state index in [4.69, 9.17) is 0 Å². The first-order valence-corrected chi connectivity index (χ1v) is 3.45. The molecule has 0 amide bonds. The second-order valence-corrected chi connectivity index (χ2v) is 3.49. The van der Waals surface area contributed by atoms with Crippen molar-refractivity contribution in [2.75, 3.05) is 20.6 Å². The molecule has 1 aliphatic heterocycles. The first kappa shape index (κ1) is 6.09. The van der Waals surface area contributed by atoms with Crippen LogP contribution in [-0.2, 0) is 0 Å². The third-order valence-electron chi connectivity index (χ3n) is 2.55. The van der Waals surface area contributed by atoms with Gasteiger partial charge in [-0.05, 0) is 6.92 Å². The van der Waals surface area contributed by atoms with Gasteiger partial charge in [0, 0.05) is 12.8 Å². The Bertz CT molecular complexity index is 86.4. The molecule has 8 heavy (non-hydrogen) atoms. The minimum atomic E-state index is 0.898. The van der Waals surface area contributed by atoms with Crippen molar-refractivity contribution in [1.29, 1.82) is 0 Å².